The second-order valence-corrected chi connectivity index (χ2v) is 7.92. The molecule has 0 aliphatic heterocycles. The van der Waals surface area contributed by atoms with Crippen molar-refractivity contribution in [3.05, 3.63) is 77.2 Å². The normalized spacial score (nSPS) is 10.8. The highest BCUT2D eigenvalue weighted by Crippen LogP contribution is 2.30. The monoisotopic (exact) mass is 460 g/mol. The van der Waals surface area contributed by atoms with Crippen molar-refractivity contribution in [3.63, 3.8) is 0 Å². The van der Waals surface area contributed by atoms with Crippen molar-refractivity contribution >= 4 is 34.5 Å². The van der Waals surface area contributed by atoms with Crippen LogP contribution in [0.3, 0.4) is 0 Å². The molecule has 8 nitrogen and oxygen atoms in total. The molecule has 2 heterocycles. The van der Waals surface area contributed by atoms with E-state index in [1.54, 1.807) is 42.1 Å². The summed E-state index contributed by atoms with van der Waals surface area (Å²) in [4.78, 5) is 37.2. The van der Waals surface area contributed by atoms with Crippen LogP contribution in [0.5, 0.6) is 0 Å². The van der Waals surface area contributed by atoms with Gasteiger partial charge in [-0.3, -0.25) is 4.79 Å². The van der Waals surface area contributed by atoms with Crippen LogP contribution in [0.25, 0.3) is 22.2 Å². The van der Waals surface area contributed by atoms with Gasteiger partial charge in [0.2, 0.25) is 5.91 Å². The lowest BCUT2D eigenvalue weighted by Crippen LogP contribution is -2.14. The lowest BCUT2D eigenvalue weighted by atomic mass is 10.0. The standard InChI is InChI=1S/C26H24N2O6/c1-15-5-10-19-17(14-34-21(19)11-15)12-22(29)27-18-8-6-16(7-9-18)24-23(26(31)33-4)20(13-28(24)2)25(30)32-3/h5-11,13-14H,12H2,1-4H3,(H,27,29). The number of nitrogens with zero attached hydrogens (tertiary/aromatic N) is 1. The first-order chi connectivity index (χ1) is 16.3. The Morgan fingerprint density at radius 3 is 2.38 bits per heavy atom. The molecule has 0 atom stereocenters. The molecule has 0 aliphatic rings. The largest absolute Gasteiger partial charge is 0.465 e. The average molecular weight is 460 g/mol. The fourth-order valence-corrected chi connectivity index (χ4v) is 3.96. The Kier molecular flexibility index (Phi) is 6.23. The SMILES string of the molecule is COC(=O)c1cn(C)c(-c2ccc(NC(=O)Cc3coc4cc(C)ccc34)cc2)c1C(=O)OC. The summed E-state index contributed by atoms with van der Waals surface area (Å²) in [5.74, 6) is -1.46. The number of carbonyl (C=O) groups excluding carboxylic acids is 3. The van der Waals surface area contributed by atoms with E-state index in [0.29, 0.717) is 16.9 Å². The summed E-state index contributed by atoms with van der Waals surface area (Å²) in [6, 6.07) is 12.9. The fourth-order valence-electron chi connectivity index (χ4n) is 3.96. The van der Waals surface area contributed by atoms with Crippen molar-refractivity contribution in [3.8, 4) is 11.3 Å². The first-order valence-electron chi connectivity index (χ1n) is 10.5. The number of methoxy groups -OCH3 is 2. The van der Waals surface area contributed by atoms with Gasteiger partial charge in [-0.1, -0.05) is 24.3 Å². The summed E-state index contributed by atoms with van der Waals surface area (Å²) in [5, 5.41) is 3.79. The van der Waals surface area contributed by atoms with Gasteiger partial charge in [0, 0.05) is 29.9 Å². The van der Waals surface area contributed by atoms with Crippen LogP contribution in [0.1, 0.15) is 31.8 Å². The third kappa shape index (κ3) is 4.30. The molecular weight excluding hydrogens is 436 g/mol. The molecule has 8 heteroatoms. The molecule has 1 N–H and O–H groups in total. The maximum Gasteiger partial charge on any atom is 0.340 e. The predicted molar refractivity (Wildman–Crippen MR) is 127 cm³/mol. The summed E-state index contributed by atoms with van der Waals surface area (Å²) < 4.78 is 16.9. The minimum atomic E-state index is -0.643. The lowest BCUT2D eigenvalue weighted by Gasteiger charge is -2.10. The number of benzene rings is 2. The second-order valence-electron chi connectivity index (χ2n) is 7.92. The first kappa shape index (κ1) is 22.8. The predicted octanol–water partition coefficient (Wildman–Crippen LogP) is 4.50. The molecule has 174 valence electrons. The Morgan fingerprint density at radius 1 is 1.00 bits per heavy atom. The number of esters is 2. The second kappa shape index (κ2) is 9.27. The van der Waals surface area contributed by atoms with Crippen molar-refractivity contribution in [2.24, 2.45) is 7.05 Å². The van der Waals surface area contributed by atoms with E-state index in [2.05, 4.69) is 5.32 Å². The van der Waals surface area contributed by atoms with Crippen LogP contribution in [-0.2, 0) is 27.7 Å². The van der Waals surface area contributed by atoms with Crippen molar-refractivity contribution in [2.45, 2.75) is 13.3 Å². The third-order valence-corrected chi connectivity index (χ3v) is 5.58. The number of hydrogen-bond donors (Lipinski definition) is 1. The van der Waals surface area contributed by atoms with E-state index in [4.69, 9.17) is 13.9 Å². The van der Waals surface area contributed by atoms with Crippen molar-refractivity contribution < 1.29 is 28.3 Å². The zero-order chi connectivity index (χ0) is 24.4. The van der Waals surface area contributed by atoms with E-state index < -0.39 is 11.9 Å². The molecule has 0 saturated heterocycles. The average Bonchev–Trinajstić information content (AvgIpc) is 3.38. The number of rotatable bonds is 6. The molecule has 4 aromatic rings. The Balaban J connectivity index is 1.55. The molecule has 0 spiro atoms. The number of nitrogens with one attached hydrogen (secondary N) is 1. The molecule has 4 rings (SSSR count). The lowest BCUT2D eigenvalue weighted by molar-refractivity contribution is -0.115. The quantitative estimate of drug-likeness (QED) is 0.425. The summed E-state index contributed by atoms with van der Waals surface area (Å²) in [5.41, 5.74) is 4.66. The van der Waals surface area contributed by atoms with Gasteiger partial charge >= 0.3 is 11.9 Å². The Bertz CT molecular complexity index is 1390. The first-order valence-corrected chi connectivity index (χ1v) is 10.5. The van der Waals surface area contributed by atoms with Gasteiger partial charge in [0.1, 0.15) is 5.58 Å². The molecular formula is C26H24N2O6. The molecule has 0 bridgehead atoms. The summed E-state index contributed by atoms with van der Waals surface area (Å²) in [7, 11) is 4.23. The molecule has 0 fully saturated rings. The zero-order valence-electron chi connectivity index (χ0n) is 19.3. The summed E-state index contributed by atoms with van der Waals surface area (Å²) >= 11 is 0. The molecule has 0 aliphatic carbocycles. The van der Waals surface area contributed by atoms with Gasteiger partial charge in [-0.15, -0.1) is 0 Å². The minimum absolute atomic E-state index is 0.117. The van der Waals surface area contributed by atoms with Gasteiger partial charge in [0.25, 0.3) is 0 Å². The number of anilines is 1. The molecule has 0 unspecified atom stereocenters. The molecule has 1 amide bonds. The summed E-state index contributed by atoms with van der Waals surface area (Å²) in [6.45, 7) is 1.98. The summed E-state index contributed by atoms with van der Waals surface area (Å²) in [6.07, 6.45) is 3.31. The number of amides is 1. The molecule has 2 aromatic heterocycles. The number of aryl methyl sites for hydroxylation is 2. The highest BCUT2D eigenvalue weighted by atomic mass is 16.5. The Morgan fingerprint density at radius 2 is 1.71 bits per heavy atom. The number of aromatic nitrogens is 1. The van der Waals surface area contributed by atoms with Crippen LogP contribution in [0, 0.1) is 6.92 Å². The van der Waals surface area contributed by atoms with Gasteiger partial charge in [-0.2, -0.15) is 0 Å². The zero-order valence-corrected chi connectivity index (χ0v) is 19.3. The smallest absolute Gasteiger partial charge is 0.340 e. The van der Waals surface area contributed by atoms with Crippen LogP contribution in [0.4, 0.5) is 5.69 Å². The van der Waals surface area contributed by atoms with Crippen molar-refractivity contribution in [1.29, 1.82) is 0 Å². The highest BCUT2D eigenvalue weighted by molar-refractivity contribution is 6.08. The maximum atomic E-state index is 12.6. The Labute approximate surface area is 196 Å². The molecule has 2 aromatic carbocycles. The number of furan rings is 1. The van der Waals surface area contributed by atoms with Crippen molar-refractivity contribution in [2.75, 3.05) is 19.5 Å². The number of carbonyl (C=O) groups is 3. The molecule has 0 radical (unpaired) electrons. The number of ether oxygens (including phenoxy) is 2. The van der Waals surface area contributed by atoms with Crippen LogP contribution < -0.4 is 5.32 Å². The van der Waals surface area contributed by atoms with Gasteiger partial charge in [0.05, 0.1) is 43.7 Å². The van der Waals surface area contributed by atoms with Crippen LogP contribution in [0.15, 0.2) is 59.3 Å². The van der Waals surface area contributed by atoms with Gasteiger partial charge in [0.15, 0.2) is 0 Å². The van der Waals surface area contributed by atoms with Gasteiger partial charge < -0.3 is 23.8 Å². The van der Waals surface area contributed by atoms with Gasteiger partial charge in [-0.05, 0) is 36.2 Å². The van der Waals surface area contributed by atoms with E-state index in [0.717, 1.165) is 22.1 Å². The molecule has 0 saturated carbocycles. The van der Waals surface area contributed by atoms with Crippen LogP contribution >= 0.6 is 0 Å². The van der Waals surface area contributed by atoms with Crippen molar-refractivity contribution in [1.82, 2.24) is 4.57 Å². The van der Waals surface area contributed by atoms with Gasteiger partial charge in [-0.25, -0.2) is 9.59 Å². The highest BCUT2D eigenvalue weighted by Gasteiger charge is 2.27. The number of hydrogen-bond acceptors (Lipinski definition) is 6. The molecule has 34 heavy (non-hydrogen) atoms. The van der Waals surface area contributed by atoms with E-state index in [-0.39, 0.29) is 23.5 Å². The van der Waals surface area contributed by atoms with E-state index in [1.165, 1.54) is 20.4 Å². The maximum absolute atomic E-state index is 12.6. The van der Waals surface area contributed by atoms with Crippen LogP contribution in [0.2, 0.25) is 0 Å². The van der Waals surface area contributed by atoms with E-state index in [1.807, 2.05) is 25.1 Å². The number of fused-ring (bicyclic) bond motifs is 1. The topological polar surface area (TPSA) is 99.8 Å². The Hall–Kier alpha value is -4.33. The van der Waals surface area contributed by atoms with E-state index in [9.17, 15) is 14.4 Å². The third-order valence-electron chi connectivity index (χ3n) is 5.58. The minimum Gasteiger partial charge on any atom is -0.465 e. The van der Waals surface area contributed by atoms with E-state index >= 15 is 0 Å². The van der Waals surface area contributed by atoms with Crippen LogP contribution in [-0.4, -0.2) is 36.6 Å². The fraction of sp³-hybridized carbons (Fsp3) is 0.192.